The lowest BCUT2D eigenvalue weighted by atomic mass is 9.96. The van der Waals surface area contributed by atoms with Gasteiger partial charge in [-0.1, -0.05) is 0 Å². The summed E-state index contributed by atoms with van der Waals surface area (Å²) in [5.41, 5.74) is 0.637. The highest BCUT2D eigenvalue weighted by molar-refractivity contribution is 5.98. The minimum Gasteiger partial charge on any atom is -0.490 e. The van der Waals surface area contributed by atoms with E-state index in [1.807, 2.05) is 24.4 Å². The van der Waals surface area contributed by atoms with Gasteiger partial charge in [0.1, 0.15) is 11.6 Å². The Balaban J connectivity index is 1.80. The Hall–Kier alpha value is -2.10. The van der Waals surface area contributed by atoms with Crippen molar-refractivity contribution in [1.82, 2.24) is 4.98 Å². The van der Waals surface area contributed by atoms with E-state index in [-0.39, 0.29) is 6.10 Å². The standard InChI is InChI=1S/C18H20N2O2/c21-12-14-10-13-6-7-19-18(20-8-1-2-9-20)16(13)11-17(14)22-15-4-3-5-15/h6-7,10-12,15H,1-5,8-9H2. The van der Waals surface area contributed by atoms with Crippen LogP contribution < -0.4 is 9.64 Å². The van der Waals surface area contributed by atoms with Gasteiger partial charge in [-0.2, -0.15) is 0 Å². The maximum atomic E-state index is 11.4. The van der Waals surface area contributed by atoms with Crippen molar-refractivity contribution in [2.45, 2.75) is 38.2 Å². The van der Waals surface area contributed by atoms with Crippen molar-refractivity contribution in [2.75, 3.05) is 18.0 Å². The summed E-state index contributed by atoms with van der Waals surface area (Å²) in [7, 11) is 0. The van der Waals surface area contributed by atoms with Gasteiger partial charge in [-0.3, -0.25) is 4.79 Å². The van der Waals surface area contributed by atoms with Crippen LogP contribution in [0, 0.1) is 0 Å². The van der Waals surface area contributed by atoms with Crippen molar-refractivity contribution in [3.63, 3.8) is 0 Å². The van der Waals surface area contributed by atoms with Crippen LogP contribution in [0.3, 0.4) is 0 Å². The van der Waals surface area contributed by atoms with E-state index >= 15 is 0 Å². The van der Waals surface area contributed by atoms with Crippen LogP contribution in [0.4, 0.5) is 5.82 Å². The summed E-state index contributed by atoms with van der Waals surface area (Å²) in [6.07, 6.45) is 8.81. The predicted octanol–water partition coefficient (Wildman–Crippen LogP) is 3.58. The van der Waals surface area contributed by atoms with Gasteiger partial charge in [-0.05, 0) is 55.7 Å². The smallest absolute Gasteiger partial charge is 0.153 e. The molecule has 22 heavy (non-hydrogen) atoms. The fourth-order valence-electron chi connectivity index (χ4n) is 3.25. The third-order valence-electron chi connectivity index (χ3n) is 4.75. The second-order valence-corrected chi connectivity index (χ2v) is 6.23. The van der Waals surface area contributed by atoms with E-state index in [2.05, 4.69) is 9.88 Å². The van der Waals surface area contributed by atoms with Crippen LogP contribution in [0.2, 0.25) is 0 Å². The SMILES string of the molecule is O=Cc1cc2ccnc(N3CCCC3)c2cc1OC1CCC1. The molecule has 1 saturated carbocycles. The van der Waals surface area contributed by atoms with Gasteiger partial charge in [0.25, 0.3) is 0 Å². The zero-order valence-corrected chi connectivity index (χ0v) is 12.6. The quantitative estimate of drug-likeness (QED) is 0.809. The molecular weight excluding hydrogens is 276 g/mol. The molecule has 2 heterocycles. The van der Waals surface area contributed by atoms with E-state index in [0.29, 0.717) is 11.3 Å². The molecule has 0 amide bonds. The highest BCUT2D eigenvalue weighted by Gasteiger charge is 2.22. The van der Waals surface area contributed by atoms with Gasteiger partial charge in [0.05, 0.1) is 11.7 Å². The number of rotatable bonds is 4. The van der Waals surface area contributed by atoms with Gasteiger partial charge in [0, 0.05) is 24.7 Å². The zero-order chi connectivity index (χ0) is 14.9. The van der Waals surface area contributed by atoms with Crippen LogP contribution in [0.5, 0.6) is 5.75 Å². The third kappa shape index (κ3) is 2.32. The molecular formula is C18H20N2O2. The summed E-state index contributed by atoms with van der Waals surface area (Å²) in [6.45, 7) is 2.11. The lowest BCUT2D eigenvalue weighted by Crippen LogP contribution is -2.25. The molecule has 4 heteroatoms. The maximum Gasteiger partial charge on any atom is 0.153 e. The Labute approximate surface area is 130 Å². The molecule has 0 bridgehead atoms. The summed E-state index contributed by atoms with van der Waals surface area (Å²) in [6, 6.07) is 5.91. The number of fused-ring (bicyclic) bond motifs is 1. The maximum absolute atomic E-state index is 11.4. The Morgan fingerprint density at radius 2 is 2.00 bits per heavy atom. The molecule has 2 aliphatic rings. The second-order valence-electron chi connectivity index (χ2n) is 6.23. The van der Waals surface area contributed by atoms with Crippen molar-refractivity contribution in [3.05, 3.63) is 30.0 Å². The van der Waals surface area contributed by atoms with Crippen molar-refractivity contribution in [2.24, 2.45) is 0 Å². The largest absolute Gasteiger partial charge is 0.490 e. The fourth-order valence-corrected chi connectivity index (χ4v) is 3.25. The normalized spacial score (nSPS) is 18.5. The first kappa shape index (κ1) is 13.6. The van der Waals surface area contributed by atoms with Gasteiger partial charge in [-0.15, -0.1) is 0 Å². The van der Waals surface area contributed by atoms with Crippen LogP contribution in [-0.2, 0) is 0 Å². The number of aromatic nitrogens is 1. The molecule has 4 rings (SSSR count). The Bertz CT molecular complexity index is 704. The second kappa shape index (κ2) is 5.59. The summed E-state index contributed by atoms with van der Waals surface area (Å²) in [5.74, 6) is 1.73. The first-order valence-corrected chi connectivity index (χ1v) is 8.15. The van der Waals surface area contributed by atoms with Gasteiger partial charge in [0.15, 0.2) is 6.29 Å². The Kier molecular flexibility index (Phi) is 3.45. The molecule has 1 aromatic heterocycles. The predicted molar refractivity (Wildman–Crippen MR) is 86.8 cm³/mol. The lowest BCUT2D eigenvalue weighted by molar-refractivity contribution is 0.108. The zero-order valence-electron chi connectivity index (χ0n) is 12.6. The van der Waals surface area contributed by atoms with Crippen molar-refractivity contribution < 1.29 is 9.53 Å². The number of pyridine rings is 1. The van der Waals surface area contributed by atoms with Crippen molar-refractivity contribution >= 4 is 22.9 Å². The number of hydrogen-bond donors (Lipinski definition) is 0. The van der Waals surface area contributed by atoms with E-state index in [1.54, 1.807) is 0 Å². The van der Waals surface area contributed by atoms with Crippen LogP contribution in [0.15, 0.2) is 24.4 Å². The highest BCUT2D eigenvalue weighted by Crippen LogP contribution is 2.34. The highest BCUT2D eigenvalue weighted by atomic mass is 16.5. The topological polar surface area (TPSA) is 42.4 Å². The average molecular weight is 296 g/mol. The lowest BCUT2D eigenvalue weighted by Gasteiger charge is -2.27. The molecule has 4 nitrogen and oxygen atoms in total. The number of aldehydes is 1. The molecule has 2 aromatic rings. The molecule has 2 fully saturated rings. The molecule has 1 aliphatic heterocycles. The molecule has 1 aliphatic carbocycles. The Morgan fingerprint density at radius 3 is 2.68 bits per heavy atom. The average Bonchev–Trinajstić information content (AvgIpc) is 3.03. The van der Waals surface area contributed by atoms with E-state index in [4.69, 9.17) is 4.74 Å². The van der Waals surface area contributed by atoms with Crippen LogP contribution in [0.1, 0.15) is 42.5 Å². The van der Waals surface area contributed by atoms with Crippen LogP contribution in [-0.4, -0.2) is 30.5 Å². The molecule has 0 N–H and O–H groups in total. The van der Waals surface area contributed by atoms with Gasteiger partial charge >= 0.3 is 0 Å². The number of carbonyl (C=O) groups excluding carboxylic acids is 1. The van der Waals surface area contributed by atoms with Crippen molar-refractivity contribution in [1.29, 1.82) is 0 Å². The summed E-state index contributed by atoms with van der Waals surface area (Å²) in [4.78, 5) is 18.3. The van der Waals surface area contributed by atoms with E-state index in [9.17, 15) is 4.79 Å². The van der Waals surface area contributed by atoms with Crippen LogP contribution >= 0.6 is 0 Å². The number of benzene rings is 1. The first-order chi connectivity index (χ1) is 10.8. The van der Waals surface area contributed by atoms with E-state index in [1.165, 1.54) is 19.3 Å². The molecule has 0 unspecified atom stereocenters. The van der Waals surface area contributed by atoms with Gasteiger partial charge in [-0.25, -0.2) is 4.98 Å². The molecule has 0 radical (unpaired) electrons. The van der Waals surface area contributed by atoms with Gasteiger partial charge < -0.3 is 9.64 Å². The Morgan fingerprint density at radius 1 is 1.18 bits per heavy atom. The van der Waals surface area contributed by atoms with E-state index < -0.39 is 0 Å². The number of ether oxygens (including phenoxy) is 1. The summed E-state index contributed by atoms with van der Waals surface area (Å²) >= 11 is 0. The van der Waals surface area contributed by atoms with Crippen molar-refractivity contribution in [3.8, 4) is 5.75 Å². The third-order valence-corrected chi connectivity index (χ3v) is 4.75. The molecule has 1 aromatic carbocycles. The number of anilines is 1. The fraction of sp³-hybridized carbons (Fsp3) is 0.444. The first-order valence-electron chi connectivity index (χ1n) is 8.15. The molecule has 1 saturated heterocycles. The van der Waals surface area contributed by atoms with Crippen LogP contribution in [0.25, 0.3) is 10.8 Å². The minimum atomic E-state index is 0.267. The molecule has 114 valence electrons. The van der Waals surface area contributed by atoms with Gasteiger partial charge in [0.2, 0.25) is 0 Å². The minimum absolute atomic E-state index is 0.267. The summed E-state index contributed by atoms with van der Waals surface area (Å²) in [5, 5.41) is 2.14. The number of nitrogens with zero attached hydrogens (tertiary/aromatic N) is 2. The number of hydrogen-bond acceptors (Lipinski definition) is 4. The summed E-state index contributed by atoms with van der Waals surface area (Å²) < 4.78 is 6.02. The molecule has 0 spiro atoms. The van der Waals surface area contributed by atoms with E-state index in [0.717, 1.165) is 48.8 Å². The molecule has 0 atom stereocenters. The monoisotopic (exact) mass is 296 g/mol. The number of carbonyl (C=O) groups is 1.